The van der Waals surface area contributed by atoms with Crippen molar-refractivity contribution in [1.29, 1.82) is 0 Å². The number of ether oxygens (including phenoxy) is 3. The molecule has 3 aromatic rings. The third kappa shape index (κ3) is 4.74. The lowest BCUT2D eigenvalue weighted by Gasteiger charge is -2.32. The lowest BCUT2D eigenvalue weighted by atomic mass is 10.0. The van der Waals surface area contributed by atoms with Gasteiger partial charge in [-0.05, 0) is 55.3 Å². The number of carbonyl (C=O) groups excluding carboxylic acids is 1. The average molecular weight is 509 g/mol. The van der Waals surface area contributed by atoms with Gasteiger partial charge in [0.15, 0.2) is 16.4 Å². The lowest BCUT2D eigenvalue weighted by Crippen LogP contribution is -2.39. The summed E-state index contributed by atoms with van der Waals surface area (Å²) in [6.45, 7) is 3.88. The molecule has 188 valence electrons. The molecule has 0 bridgehead atoms. The van der Waals surface area contributed by atoms with Crippen LogP contribution in [0.5, 0.6) is 17.2 Å². The Morgan fingerprint density at radius 2 is 1.58 bits per heavy atom. The van der Waals surface area contributed by atoms with Crippen LogP contribution in [0.2, 0.25) is 0 Å². The van der Waals surface area contributed by atoms with Crippen LogP contribution in [0, 0.1) is 0 Å². The Bertz CT molecular complexity index is 1400. The van der Waals surface area contributed by atoms with E-state index in [0.29, 0.717) is 46.4 Å². The second-order valence-electron chi connectivity index (χ2n) is 8.10. The number of nitrogens with zero attached hydrogens (tertiary/aromatic N) is 1. The van der Waals surface area contributed by atoms with Gasteiger partial charge in [-0.15, -0.1) is 0 Å². The minimum atomic E-state index is -4.11. The third-order valence-electron chi connectivity index (χ3n) is 5.92. The Kier molecular flexibility index (Phi) is 7.21. The topological polar surface area (TPSA) is 94.2 Å². The van der Waals surface area contributed by atoms with Crippen molar-refractivity contribution in [1.82, 2.24) is 0 Å². The summed E-state index contributed by atoms with van der Waals surface area (Å²) < 4.78 is 44.7. The number of fused-ring (bicyclic) bond motifs is 1. The molecule has 8 nitrogen and oxygen atoms in total. The number of carbonyl (C=O) groups is 1. The third-order valence-corrected chi connectivity index (χ3v) is 7.96. The number of nitrogens with one attached hydrogen (secondary N) is 1. The molecule has 0 atom stereocenters. The van der Waals surface area contributed by atoms with Crippen molar-refractivity contribution in [3.8, 4) is 17.2 Å². The van der Waals surface area contributed by atoms with E-state index in [9.17, 15) is 13.2 Å². The first-order valence-corrected chi connectivity index (χ1v) is 12.8. The average Bonchev–Trinajstić information content (AvgIpc) is 2.88. The number of anilines is 2. The maximum Gasteiger partial charge on any atom is 0.270 e. The molecule has 0 aliphatic carbocycles. The number of benzene rings is 3. The van der Waals surface area contributed by atoms with Crippen LogP contribution in [-0.2, 0) is 21.4 Å². The largest absolute Gasteiger partial charge is 0.493 e. The predicted molar refractivity (Wildman–Crippen MR) is 140 cm³/mol. The Labute approximate surface area is 211 Å². The van der Waals surface area contributed by atoms with E-state index in [1.54, 1.807) is 50.2 Å². The summed E-state index contributed by atoms with van der Waals surface area (Å²) in [5.74, 6) is 0.756. The highest BCUT2D eigenvalue weighted by molar-refractivity contribution is 7.97. The molecule has 0 fully saturated rings. The number of allylic oxidation sites excluding steroid dienone is 1. The van der Waals surface area contributed by atoms with Gasteiger partial charge < -0.3 is 19.5 Å². The number of rotatable bonds is 8. The van der Waals surface area contributed by atoms with Crippen molar-refractivity contribution in [2.45, 2.75) is 20.5 Å². The Hall–Kier alpha value is -3.98. The van der Waals surface area contributed by atoms with Crippen LogP contribution in [0.3, 0.4) is 0 Å². The molecule has 3 aromatic carbocycles. The second kappa shape index (κ2) is 10.3. The molecule has 9 heteroatoms. The summed E-state index contributed by atoms with van der Waals surface area (Å²) in [7, 11) is -1.12. The maximum atomic E-state index is 13.5. The fourth-order valence-corrected chi connectivity index (χ4v) is 5.87. The minimum absolute atomic E-state index is 0.141. The van der Waals surface area contributed by atoms with Gasteiger partial charge in [-0.25, -0.2) is 8.42 Å². The van der Waals surface area contributed by atoms with E-state index >= 15 is 0 Å². The van der Waals surface area contributed by atoms with E-state index in [1.807, 2.05) is 30.3 Å². The molecule has 0 aromatic heterocycles. The zero-order valence-corrected chi connectivity index (χ0v) is 21.4. The lowest BCUT2D eigenvalue weighted by molar-refractivity contribution is -0.112. The van der Waals surface area contributed by atoms with E-state index in [0.717, 1.165) is 5.56 Å². The summed E-state index contributed by atoms with van der Waals surface area (Å²) in [6, 6.07) is 19.9. The van der Waals surface area contributed by atoms with E-state index in [-0.39, 0.29) is 11.4 Å². The zero-order valence-electron chi connectivity index (χ0n) is 20.6. The van der Waals surface area contributed by atoms with Crippen LogP contribution < -0.4 is 23.8 Å². The van der Waals surface area contributed by atoms with Crippen LogP contribution in [-0.4, -0.2) is 35.1 Å². The fraction of sp³-hybridized carbons (Fsp3) is 0.222. The Morgan fingerprint density at radius 1 is 0.944 bits per heavy atom. The minimum Gasteiger partial charge on any atom is -0.493 e. The van der Waals surface area contributed by atoms with Crippen molar-refractivity contribution in [2.75, 3.05) is 30.4 Å². The monoisotopic (exact) mass is 508 g/mol. The fourth-order valence-electron chi connectivity index (χ4n) is 4.12. The molecule has 0 saturated carbocycles. The predicted octanol–water partition coefficient (Wildman–Crippen LogP) is 4.82. The van der Waals surface area contributed by atoms with Gasteiger partial charge in [0.2, 0.25) is 0 Å². The first kappa shape index (κ1) is 25.1. The molecular formula is C27H28N2O6S. The van der Waals surface area contributed by atoms with Crippen molar-refractivity contribution in [3.05, 3.63) is 82.8 Å². The standard InChI is InChI=1S/C27H28N2O6S/c1-5-29-23-16-25(34-4)24(33-3)15-22(23)18(2)26(36(29,31)32)27(30)28-20-11-13-21(14-12-20)35-17-19-9-7-6-8-10-19/h6-16H,5,17H2,1-4H3,(H,28,30). The highest BCUT2D eigenvalue weighted by atomic mass is 32.2. The molecule has 1 amide bonds. The highest BCUT2D eigenvalue weighted by Gasteiger charge is 2.39. The first-order valence-electron chi connectivity index (χ1n) is 11.4. The Morgan fingerprint density at radius 3 is 2.19 bits per heavy atom. The van der Waals surface area contributed by atoms with Gasteiger partial charge in [-0.1, -0.05) is 30.3 Å². The molecule has 36 heavy (non-hydrogen) atoms. The van der Waals surface area contributed by atoms with Gasteiger partial charge in [0, 0.05) is 23.9 Å². The van der Waals surface area contributed by atoms with Gasteiger partial charge in [-0.3, -0.25) is 9.10 Å². The van der Waals surface area contributed by atoms with Crippen molar-refractivity contribution in [2.24, 2.45) is 0 Å². The van der Waals surface area contributed by atoms with Crippen molar-refractivity contribution in [3.63, 3.8) is 0 Å². The van der Waals surface area contributed by atoms with Crippen molar-refractivity contribution >= 4 is 32.9 Å². The van der Waals surface area contributed by atoms with Gasteiger partial charge in [-0.2, -0.15) is 0 Å². The molecule has 0 saturated heterocycles. The van der Waals surface area contributed by atoms with Crippen LogP contribution >= 0.6 is 0 Å². The summed E-state index contributed by atoms with van der Waals surface area (Å²) in [4.78, 5) is 13.0. The second-order valence-corrected chi connectivity index (χ2v) is 9.90. The number of hydrogen-bond acceptors (Lipinski definition) is 6. The summed E-state index contributed by atoms with van der Waals surface area (Å²) in [5.41, 5.74) is 2.83. The van der Waals surface area contributed by atoms with E-state index in [4.69, 9.17) is 14.2 Å². The number of methoxy groups -OCH3 is 2. The first-order chi connectivity index (χ1) is 17.3. The van der Waals surface area contributed by atoms with Gasteiger partial charge in [0.1, 0.15) is 12.4 Å². The molecule has 0 radical (unpaired) electrons. The molecule has 0 spiro atoms. The molecular weight excluding hydrogens is 480 g/mol. The molecule has 1 heterocycles. The summed E-state index contributed by atoms with van der Waals surface area (Å²) in [5, 5.41) is 2.71. The molecule has 0 unspecified atom stereocenters. The number of sulfonamides is 1. The Balaban J connectivity index is 1.61. The highest BCUT2D eigenvalue weighted by Crippen LogP contribution is 2.45. The maximum absolute atomic E-state index is 13.5. The smallest absolute Gasteiger partial charge is 0.270 e. The van der Waals surface area contributed by atoms with Gasteiger partial charge in [0.05, 0.1) is 19.9 Å². The molecule has 4 rings (SSSR count). The summed E-state index contributed by atoms with van der Waals surface area (Å²) in [6.07, 6.45) is 0. The van der Waals surface area contributed by atoms with Crippen LogP contribution in [0.1, 0.15) is 25.0 Å². The summed E-state index contributed by atoms with van der Waals surface area (Å²) >= 11 is 0. The van der Waals surface area contributed by atoms with E-state index in [2.05, 4.69) is 5.32 Å². The van der Waals surface area contributed by atoms with Crippen LogP contribution in [0.15, 0.2) is 71.6 Å². The van der Waals surface area contributed by atoms with Crippen LogP contribution in [0.25, 0.3) is 5.57 Å². The molecule has 1 aliphatic rings. The van der Waals surface area contributed by atoms with E-state index in [1.165, 1.54) is 18.5 Å². The van der Waals surface area contributed by atoms with Gasteiger partial charge >= 0.3 is 0 Å². The van der Waals surface area contributed by atoms with Crippen molar-refractivity contribution < 1.29 is 27.4 Å². The quantitative estimate of drug-likeness (QED) is 0.469. The SMILES string of the molecule is CCN1c2cc(OC)c(OC)cc2C(C)=C(C(=O)Nc2ccc(OCc3ccccc3)cc2)S1(=O)=O. The molecule has 1 N–H and O–H groups in total. The number of hydrogen-bond donors (Lipinski definition) is 1. The number of amides is 1. The normalized spacial score (nSPS) is 14.2. The zero-order chi connectivity index (χ0) is 25.9. The van der Waals surface area contributed by atoms with Crippen LogP contribution in [0.4, 0.5) is 11.4 Å². The van der Waals surface area contributed by atoms with Gasteiger partial charge in [0.25, 0.3) is 15.9 Å². The molecule has 1 aliphatic heterocycles. The van der Waals surface area contributed by atoms with E-state index < -0.39 is 15.9 Å².